The zero-order valence-electron chi connectivity index (χ0n) is 10.7. The van der Waals surface area contributed by atoms with Crippen LogP contribution in [0.4, 0.5) is 19.0 Å². The Balaban J connectivity index is 2.34. The molecule has 1 aliphatic rings. The highest BCUT2D eigenvalue weighted by atomic mass is 35.6. The van der Waals surface area contributed by atoms with Crippen molar-refractivity contribution < 1.29 is 13.2 Å². The van der Waals surface area contributed by atoms with Gasteiger partial charge in [0.05, 0.1) is 5.02 Å². The topological polar surface area (TPSA) is 76.9 Å². The van der Waals surface area contributed by atoms with Gasteiger partial charge in [0, 0.05) is 6.20 Å². The summed E-state index contributed by atoms with van der Waals surface area (Å²) in [6, 6.07) is 3.03. The Kier molecular flexibility index (Phi) is 5.31. The Morgan fingerprint density at radius 1 is 1.30 bits per heavy atom. The van der Waals surface area contributed by atoms with Gasteiger partial charge < -0.3 is 0 Å². The molecule has 1 aromatic heterocycles. The first kappa shape index (κ1) is 18.1. The van der Waals surface area contributed by atoms with Crippen LogP contribution in [0, 0.1) is 0 Å². The highest BCUT2D eigenvalue weighted by Crippen LogP contribution is 2.32. The number of pyridine rings is 1. The Bertz CT molecular complexity index is 643. The molecular formula is C9H6Cl4F3N7. The first-order valence-electron chi connectivity index (χ1n) is 5.58. The Morgan fingerprint density at radius 2 is 2.00 bits per heavy atom. The first-order valence-corrected chi connectivity index (χ1v) is 7.09. The Labute approximate surface area is 147 Å². The van der Waals surface area contributed by atoms with Crippen LogP contribution in [0.5, 0.6) is 0 Å². The lowest BCUT2D eigenvalue weighted by molar-refractivity contribution is -0.0659. The monoisotopic (exact) mass is 409 g/mol. The third kappa shape index (κ3) is 4.42. The quantitative estimate of drug-likeness (QED) is 0.302. The number of hydrazone groups is 2. The average molecular weight is 411 g/mol. The van der Waals surface area contributed by atoms with Gasteiger partial charge in [-0.15, -0.1) is 10.6 Å². The van der Waals surface area contributed by atoms with Crippen LogP contribution in [0.15, 0.2) is 28.5 Å². The number of amidine groups is 2. The number of hydrazine groups is 2. The van der Waals surface area contributed by atoms with Crippen molar-refractivity contribution in [3.8, 4) is 0 Å². The number of hydrogen-bond donors (Lipinski definition) is 3. The van der Waals surface area contributed by atoms with Crippen LogP contribution in [0.3, 0.4) is 0 Å². The van der Waals surface area contributed by atoms with E-state index in [9.17, 15) is 13.2 Å². The summed E-state index contributed by atoms with van der Waals surface area (Å²) in [5, 5.41) is 7.16. The molecule has 7 nitrogen and oxygen atoms in total. The van der Waals surface area contributed by atoms with E-state index in [4.69, 9.17) is 46.4 Å². The minimum Gasteiger partial charge on any atom is -0.258 e. The third-order valence-corrected chi connectivity index (χ3v) is 3.09. The molecule has 1 aliphatic heterocycles. The number of hydrogen-bond acceptors (Lipinski definition) is 6. The van der Waals surface area contributed by atoms with Gasteiger partial charge in [-0.2, -0.15) is 18.3 Å². The Hall–Kier alpha value is -1.20. The highest BCUT2D eigenvalue weighted by molar-refractivity contribution is 6.76. The minimum absolute atomic E-state index is 0.0542. The zero-order chi connectivity index (χ0) is 17.3. The van der Waals surface area contributed by atoms with Crippen molar-refractivity contribution in [2.75, 3.05) is 5.43 Å². The van der Waals surface area contributed by atoms with Gasteiger partial charge in [-0.3, -0.25) is 5.43 Å². The molecule has 0 aliphatic carbocycles. The molecule has 2 heterocycles. The second-order valence-corrected chi connectivity index (χ2v) is 6.56. The molecule has 0 radical (unpaired) electrons. The summed E-state index contributed by atoms with van der Waals surface area (Å²) in [5.74, 6) is -2.01. The van der Waals surface area contributed by atoms with Gasteiger partial charge in [0.1, 0.15) is 0 Å². The molecule has 0 saturated carbocycles. The zero-order valence-corrected chi connectivity index (χ0v) is 13.7. The Morgan fingerprint density at radius 3 is 2.57 bits per heavy atom. The van der Waals surface area contributed by atoms with Crippen molar-refractivity contribution in [1.29, 1.82) is 0 Å². The van der Waals surface area contributed by atoms with Crippen molar-refractivity contribution >= 4 is 63.9 Å². The van der Waals surface area contributed by atoms with E-state index in [1.807, 2.05) is 5.53 Å². The van der Waals surface area contributed by atoms with E-state index in [1.165, 1.54) is 12.3 Å². The molecular weight excluding hydrogens is 405 g/mol. The average Bonchev–Trinajstić information content (AvgIpc) is 2.88. The molecule has 0 unspecified atom stereocenters. The largest absolute Gasteiger partial charge is 0.453 e. The molecule has 0 aromatic carbocycles. The van der Waals surface area contributed by atoms with E-state index in [-0.39, 0.29) is 10.8 Å². The van der Waals surface area contributed by atoms with Crippen LogP contribution in [0.1, 0.15) is 0 Å². The number of alkyl halides is 6. The van der Waals surface area contributed by atoms with E-state index < -0.39 is 21.6 Å². The summed E-state index contributed by atoms with van der Waals surface area (Å²) in [5.41, 5.74) is 6.29. The molecule has 1 aromatic rings. The second-order valence-electron chi connectivity index (χ2n) is 3.87. The van der Waals surface area contributed by atoms with Crippen LogP contribution < -0.4 is 16.5 Å². The minimum atomic E-state index is -4.82. The number of nitrogens with zero attached hydrogens (tertiary/aromatic N) is 4. The number of aromatic nitrogens is 1. The highest BCUT2D eigenvalue weighted by Gasteiger charge is 2.48. The fourth-order valence-electron chi connectivity index (χ4n) is 1.39. The smallest absolute Gasteiger partial charge is 0.258 e. The lowest BCUT2D eigenvalue weighted by atomic mass is 10.5. The normalized spacial score (nSPS) is 16.2. The molecule has 2 rings (SSSR count). The van der Waals surface area contributed by atoms with E-state index >= 15 is 0 Å². The van der Waals surface area contributed by atoms with Crippen LogP contribution in [0.25, 0.3) is 0 Å². The van der Waals surface area contributed by atoms with Crippen molar-refractivity contribution in [1.82, 2.24) is 21.1 Å². The molecule has 0 spiro atoms. The lowest BCUT2D eigenvalue weighted by Crippen LogP contribution is -2.53. The predicted molar refractivity (Wildman–Crippen MR) is 82.2 cm³/mol. The van der Waals surface area contributed by atoms with Crippen molar-refractivity contribution in [3.63, 3.8) is 0 Å². The van der Waals surface area contributed by atoms with Gasteiger partial charge >= 0.3 is 6.18 Å². The molecule has 0 bridgehead atoms. The van der Waals surface area contributed by atoms with Crippen LogP contribution >= 0.6 is 46.4 Å². The van der Waals surface area contributed by atoms with Crippen LogP contribution in [-0.4, -0.2) is 31.6 Å². The molecule has 14 heteroatoms. The molecule has 3 N–H and O–H groups in total. The third-order valence-electron chi connectivity index (χ3n) is 2.28. The van der Waals surface area contributed by atoms with Gasteiger partial charge in [0.15, 0.2) is 11.7 Å². The fourth-order valence-corrected chi connectivity index (χ4v) is 1.93. The number of nitrogens with one attached hydrogen (secondary N) is 3. The van der Waals surface area contributed by atoms with Gasteiger partial charge in [-0.1, -0.05) is 46.4 Å². The SMILES string of the molecule is FC(F)(F)C1=NNNN1/C(=N/Nc1ncccc1Cl)C(Cl)(Cl)Cl. The van der Waals surface area contributed by atoms with E-state index in [0.29, 0.717) is 5.01 Å². The standard InChI is InChI=1S/C9H6Cl4F3N7/c10-4-2-1-3-17-5(4)18-19-6(8(11,12)13)23-7(9(14,15)16)20-21-22-23/h1-3,21-22H,(H,17,18)/b19-6+. The van der Waals surface area contributed by atoms with E-state index in [0.717, 1.165) is 0 Å². The summed E-state index contributed by atoms with van der Waals surface area (Å²) in [6.07, 6.45) is -3.44. The molecule has 23 heavy (non-hydrogen) atoms. The maximum Gasteiger partial charge on any atom is 0.453 e. The van der Waals surface area contributed by atoms with Gasteiger partial charge in [0.25, 0.3) is 9.63 Å². The van der Waals surface area contributed by atoms with Gasteiger partial charge in [-0.25, -0.2) is 15.5 Å². The summed E-state index contributed by atoms with van der Waals surface area (Å²) < 4.78 is 36.4. The number of anilines is 1. The van der Waals surface area contributed by atoms with E-state index in [2.05, 4.69) is 26.1 Å². The van der Waals surface area contributed by atoms with Crippen LogP contribution in [-0.2, 0) is 0 Å². The molecule has 0 saturated heterocycles. The molecule has 0 atom stereocenters. The number of halogens is 7. The van der Waals surface area contributed by atoms with Crippen molar-refractivity contribution in [3.05, 3.63) is 23.4 Å². The van der Waals surface area contributed by atoms with Crippen molar-refractivity contribution in [2.45, 2.75) is 9.97 Å². The van der Waals surface area contributed by atoms with Crippen molar-refractivity contribution in [2.24, 2.45) is 10.2 Å². The van der Waals surface area contributed by atoms with Crippen LogP contribution in [0.2, 0.25) is 5.02 Å². The van der Waals surface area contributed by atoms with Gasteiger partial charge in [-0.05, 0) is 12.1 Å². The predicted octanol–water partition coefficient (Wildman–Crippen LogP) is 3.03. The molecule has 126 valence electrons. The summed E-state index contributed by atoms with van der Waals surface area (Å²) in [7, 11) is 0. The summed E-state index contributed by atoms with van der Waals surface area (Å²) >= 11 is 22.9. The maximum atomic E-state index is 12.9. The lowest BCUT2D eigenvalue weighted by Gasteiger charge is -2.25. The number of rotatable bonds is 2. The van der Waals surface area contributed by atoms with E-state index in [1.54, 1.807) is 6.07 Å². The summed E-state index contributed by atoms with van der Waals surface area (Å²) in [4.78, 5) is 3.84. The second kappa shape index (κ2) is 6.73. The maximum absolute atomic E-state index is 12.9. The van der Waals surface area contributed by atoms with Gasteiger partial charge in [0.2, 0.25) is 0 Å². The molecule has 0 fully saturated rings. The first-order chi connectivity index (χ1) is 10.6. The fraction of sp³-hybridized carbons (Fsp3) is 0.222. The molecule has 0 amide bonds. The summed E-state index contributed by atoms with van der Waals surface area (Å²) in [6.45, 7) is 0.